The molecular formula is C32H28N2O9. The number of ether oxygens (including phenoxy) is 4. The molecule has 220 valence electrons. The van der Waals surface area contributed by atoms with Crippen molar-refractivity contribution in [2.45, 2.75) is 25.9 Å². The number of carbonyl (C=O) groups is 1. The van der Waals surface area contributed by atoms with Gasteiger partial charge in [-0.3, -0.25) is 15.6 Å². The van der Waals surface area contributed by atoms with Crippen molar-refractivity contribution in [2.75, 3.05) is 6.61 Å². The van der Waals surface area contributed by atoms with Crippen molar-refractivity contribution in [3.8, 4) is 23.0 Å². The van der Waals surface area contributed by atoms with Gasteiger partial charge in [-0.15, -0.1) is 0 Å². The summed E-state index contributed by atoms with van der Waals surface area (Å²) in [4.78, 5) is 28.4. The van der Waals surface area contributed by atoms with Gasteiger partial charge in [0.25, 0.3) is 5.69 Å². The van der Waals surface area contributed by atoms with Crippen molar-refractivity contribution in [1.82, 2.24) is 5.48 Å². The van der Waals surface area contributed by atoms with E-state index < -0.39 is 16.7 Å². The Hall–Kier alpha value is -5.39. The molecule has 1 aliphatic rings. The summed E-state index contributed by atoms with van der Waals surface area (Å²) >= 11 is 0. The molecule has 4 aromatic carbocycles. The Kier molecular flexibility index (Phi) is 8.85. The molecule has 5 rings (SSSR count). The summed E-state index contributed by atoms with van der Waals surface area (Å²) in [6.45, 7) is 2.06. The van der Waals surface area contributed by atoms with E-state index in [4.69, 9.17) is 23.8 Å². The maximum absolute atomic E-state index is 12.5. The normalized spacial score (nSPS) is 15.6. The Morgan fingerprint density at radius 3 is 2.09 bits per heavy atom. The van der Waals surface area contributed by atoms with E-state index in [-0.39, 0.29) is 48.5 Å². The molecule has 0 saturated heterocycles. The highest BCUT2D eigenvalue weighted by atomic mass is 16.8. The van der Waals surface area contributed by atoms with E-state index in [1.807, 2.05) is 60.7 Å². The summed E-state index contributed by atoms with van der Waals surface area (Å²) in [6, 6.07) is 27.8. The molecule has 0 aliphatic carbocycles. The van der Waals surface area contributed by atoms with Crippen LogP contribution in [0.3, 0.4) is 0 Å². The number of non-ortho nitro benzene ring substituents is 1. The highest BCUT2D eigenvalue weighted by Crippen LogP contribution is 2.43. The van der Waals surface area contributed by atoms with Gasteiger partial charge >= 0.3 is 11.8 Å². The van der Waals surface area contributed by atoms with Crippen molar-refractivity contribution in [3.05, 3.63) is 130 Å². The van der Waals surface area contributed by atoms with Gasteiger partial charge in [0.1, 0.15) is 36.2 Å². The molecule has 1 heterocycles. The standard InChI is InChI=1S/C32H28N2O9/c1-2-39-31(35)32(36)19-27(33-43-32)30-28(41-21-23-11-7-4-8-12-23)17-26(40-20-22-9-5-3-6-10-22)18-29(30)42-25-15-13-24(14-16-25)34(37)38/h3-19,33,36H,2,20-21H2,1H3. The molecule has 0 amide bonds. The third-order valence-electron chi connectivity index (χ3n) is 6.29. The van der Waals surface area contributed by atoms with Crippen molar-refractivity contribution in [1.29, 1.82) is 0 Å². The monoisotopic (exact) mass is 584 g/mol. The summed E-state index contributed by atoms with van der Waals surface area (Å²) in [6.07, 6.45) is 1.16. The van der Waals surface area contributed by atoms with Crippen molar-refractivity contribution >= 4 is 17.4 Å². The number of esters is 1. The van der Waals surface area contributed by atoms with Crippen LogP contribution < -0.4 is 19.7 Å². The van der Waals surface area contributed by atoms with Gasteiger partial charge in [-0.05, 0) is 30.2 Å². The number of nitro groups is 1. The fourth-order valence-electron chi connectivity index (χ4n) is 4.19. The molecule has 0 bridgehead atoms. The van der Waals surface area contributed by atoms with Gasteiger partial charge < -0.3 is 24.1 Å². The van der Waals surface area contributed by atoms with Gasteiger partial charge in [0, 0.05) is 30.3 Å². The summed E-state index contributed by atoms with van der Waals surface area (Å²) in [5.74, 6) is -2.27. The first kappa shape index (κ1) is 29.1. The minimum atomic E-state index is -2.41. The zero-order valence-corrected chi connectivity index (χ0v) is 23.1. The smallest absolute Gasteiger partial charge is 0.373 e. The molecule has 2 N–H and O–H groups in total. The van der Waals surface area contributed by atoms with E-state index in [9.17, 15) is 20.0 Å². The predicted octanol–water partition coefficient (Wildman–Crippen LogP) is 5.67. The number of hydroxylamine groups is 1. The zero-order chi connectivity index (χ0) is 30.2. The third-order valence-corrected chi connectivity index (χ3v) is 6.29. The van der Waals surface area contributed by atoms with Gasteiger partial charge in [-0.1, -0.05) is 60.7 Å². The number of rotatable bonds is 12. The van der Waals surface area contributed by atoms with Gasteiger partial charge in [0.2, 0.25) is 0 Å². The number of benzene rings is 4. The van der Waals surface area contributed by atoms with Crippen molar-refractivity contribution in [3.63, 3.8) is 0 Å². The van der Waals surface area contributed by atoms with Crippen molar-refractivity contribution in [2.24, 2.45) is 0 Å². The Morgan fingerprint density at radius 1 is 0.884 bits per heavy atom. The van der Waals surface area contributed by atoms with Crippen LogP contribution in [0.4, 0.5) is 5.69 Å². The van der Waals surface area contributed by atoms with Gasteiger partial charge in [-0.2, -0.15) is 0 Å². The Labute approximate surface area is 247 Å². The Bertz CT molecular complexity index is 1610. The topological polar surface area (TPSA) is 139 Å². The molecule has 0 radical (unpaired) electrons. The lowest BCUT2D eigenvalue weighted by Gasteiger charge is -2.19. The summed E-state index contributed by atoms with van der Waals surface area (Å²) < 4.78 is 23.5. The number of aliphatic hydroxyl groups is 1. The number of carbonyl (C=O) groups excluding carboxylic acids is 1. The summed E-state index contributed by atoms with van der Waals surface area (Å²) in [7, 11) is 0. The van der Waals surface area contributed by atoms with Gasteiger partial charge in [0.05, 0.1) is 22.8 Å². The van der Waals surface area contributed by atoms with Crippen LogP contribution in [0.5, 0.6) is 23.0 Å². The summed E-state index contributed by atoms with van der Waals surface area (Å²) in [5.41, 5.74) is 4.75. The molecule has 0 saturated carbocycles. The van der Waals surface area contributed by atoms with Crippen LogP contribution >= 0.6 is 0 Å². The highest BCUT2D eigenvalue weighted by Gasteiger charge is 2.44. The predicted molar refractivity (Wildman–Crippen MR) is 155 cm³/mol. The molecule has 43 heavy (non-hydrogen) atoms. The number of hydrogen-bond acceptors (Lipinski definition) is 10. The molecule has 0 fully saturated rings. The van der Waals surface area contributed by atoms with E-state index in [1.165, 1.54) is 24.3 Å². The van der Waals surface area contributed by atoms with E-state index >= 15 is 0 Å². The summed E-state index contributed by atoms with van der Waals surface area (Å²) in [5, 5.41) is 22.0. The van der Waals surface area contributed by atoms with E-state index in [1.54, 1.807) is 19.1 Å². The number of nitro benzene ring substituents is 1. The number of hydrogen-bond donors (Lipinski definition) is 2. The zero-order valence-electron chi connectivity index (χ0n) is 23.1. The van der Waals surface area contributed by atoms with E-state index in [2.05, 4.69) is 5.48 Å². The first-order valence-electron chi connectivity index (χ1n) is 13.4. The second-order valence-corrected chi connectivity index (χ2v) is 9.38. The molecule has 1 aliphatic heterocycles. The molecule has 1 atom stereocenters. The molecular weight excluding hydrogens is 556 g/mol. The minimum Gasteiger partial charge on any atom is -0.489 e. The lowest BCUT2D eigenvalue weighted by Crippen LogP contribution is -2.40. The Balaban J connectivity index is 1.58. The number of nitrogens with zero attached hydrogens (tertiary/aromatic N) is 1. The fraction of sp³-hybridized carbons (Fsp3) is 0.156. The largest absolute Gasteiger partial charge is 0.489 e. The van der Waals surface area contributed by atoms with E-state index in [0.717, 1.165) is 17.2 Å². The maximum Gasteiger partial charge on any atom is 0.373 e. The second-order valence-electron chi connectivity index (χ2n) is 9.38. The average Bonchev–Trinajstić information content (AvgIpc) is 3.43. The maximum atomic E-state index is 12.5. The van der Waals surface area contributed by atoms with Crippen LogP contribution in [0.1, 0.15) is 23.6 Å². The third kappa shape index (κ3) is 7.10. The number of nitrogens with one attached hydrogen (secondary N) is 1. The first-order chi connectivity index (χ1) is 20.8. The highest BCUT2D eigenvalue weighted by molar-refractivity contribution is 5.86. The minimum absolute atomic E-state index is 0.0288. The molecule has 0 spiro atoms. The quantitative estimate of drug-likeness (QED) is 0.122. The van der Waals surface area contributed by atoms with Gasteiger partial charge in [0.15, 0.2) is 0 Å². The van der Waals surface area contributed by atoms with Gasteiger partial charge in [-0.25, -0.2) is 9.63 Å². The van der Waals surface area contributed by atoms with Crippen LogP contribution in [-0.2, 0) is 27.6 Å². The van der Waals surface area contributed by atoms with Crippen LogP contribution in [0.2, 0.25) is 0 Å². The molecule has 11 heteroatoms. The second kappa shape index (κ2) is 13.1. The molecule has 0 aromatic heterocycles. The van der Waals surface area contributed by atoms with Crippen LogP contribution in [0.15, 0.2) is 103 Å². The van der Waals surface area contributed by atoms with Crippen molar-refractivity contribution < 1.29 is 38.6 Å². The lowest BCUT2D eigenvalue weighted by atomic mass is 10.1. The molecule has 11 nitrogen and oxygen atoms in total. The fourth-order valence-corrected chi connectivity index (χ4v) is 4.19. The van der Waals surface area contributed by atoms with Crippen LogP contribution in [0, 0.1) is 10.1 Å². The lowest BCUT2D eigenvalue weighted by molar-refractivity contribution is -0.384. The first-order valence-corrected chi connectivity index (χ1v) is 13.4. The molecule has 1 unspecified atom stereocenters. The Morgan fingerprint density at radius 2 is 1.49 bits per heavy atom. The molecule has 4 aromatic rings. The van der Waals surface area contributed by atoms with Crippen LogP contribution in [-0.4, -0.2) is 28.4 Å². The van der Waals surface area contributed by atoms with Crippen LogP contribution in [0.25, 0.3) is 5.70 Å². The average molecular weight is 585 g/mol. The SMILES string of the molecule is CCOC(=O)C1(O)C=C(c2c(OCc3ccccc3)cc(OCc3ccccc3)cc2Oc2ccc([N+](=O)[O-])cc2)NO1. The van der Waals surface area contributed by atoms with E-state index in [0.29, 0.717) is 11.3 Å².